The first-order chi connectivity index (χ1) is 8.13. The minimum absolute atomic E-state index is 0.323. The highest BCUT2D eigenvalue weighted by Crippen LogP contribution is 1.95. The summed E-state index contributed by atoms with van der Waals surface area (Å²) in [7, 11) is 0. The van der Waals surface area contributed by atoms with E-state index in [2.05, 4.69) is 4.74 Å². The highest BCUT2D eigenvalue weighted by atomic mass is 16.5. The molecule has 5 nitrogen and oxygen atoms in total. The minimum Gasteiger partial charge on any atom is -0.464 e. The molecule has 0 heterocycles. The first-order valence-corrected chi connectivity index (χ1v) is 6.17. The van der Waals surface area contributed by atoms with Crippen molar-refractivity contribution in [3.8, 4) is 0 Å². The molecule has 0 aliphatic carbocycles. The average Bonchev–Trinajstić information content (AvgIpc) is 2.35. The number of hydrogen-bond donors (Lipinski definition) is 2. The molecule has 104 valence electrons. The van der Waals surface area contributed by atoms with E-state index in [9.17, 15) is 4.79 Å². The summed E-state index contributed by atoms with van der Waals surface area (Å²) in [4.78, 5) is 10.7. The summed E-state index contributed by atoms with van der Waals surface area (Å²) in [5, 5.41) is 17.1. The molecule has 0 aliphatic heterocycles. The Balaban J connectivity index is 0. The largest absolute Gasteiger partial charge is 0.464 e. The smallest absolute Gasteiger partial charge is 0.337 e. The van der Waals surface area contributed by atoms with Crippen LogP contribution >= 0.6 is 0 Å². The van der Waals surface area contributed by atoms with E-state index in [1.54, 1.807) is 0 Å². The number of aliphatic hydroxyl groups excluding tert-OH is 2. The molecule has 0 radical (unpaired) electrons. The summed E-state index contributed by atoms with van der Waals surface area (Å²) in [6.45, 7) is 7.46. The second-order valence-corrected chi connectivity index (χ2v) is 3.35. The molecule has 0 amide bonds. The van der Waals surface area contributed by atoms with Gasteiger partial charge in [0.2, 0.25) is 0 Å². The molecule has 0 fully saturated rings. The summed E-state index contributed by atoms with van der Waals surface area (Å²) in [6, 6.07) is 0. The van der Waals surface area contributed by atoms with E-state index >= 15 is 0 Å². The van der Waals surface area contributed by atoms with Crippen molar-refractivity contribution in [2.24, 2.45) is 0 Å². The number of carbonyl (C=O) groups excluding carboxylic acids is 1. The Kier molecular flexibility index (Phi) is 16.9. The van der Waals surface area contributed by atoms with Gasteiger partial charge in [-0.3, -0.25) is 0 Å². The minimum atomic E-state index is -1.38. The van der Waals surface area contributed by atoms with Crippen molar-refractivity contribution in [3.63, 3.8) is 0 Å². The zero-order chi connectivity index (χ0) is 13.5. The van der Waals surface area contributed by atoms with Crippen molar-refractivity contribution in [1.29, 1.82) is 0 Å². The SMILES string of the molecule is CCCCCOC(=O)C(O)CO.CCOCC. The predicted molar refractivity (Wildman–Crippen MR) is 65.7 cm³/mol. The molecule has 17 heavy (non-hydrogen) atoms. The molecular weight excluding hydrogens is 224 g/mol. The summed E-state index contributed by atoms with van der Waals surface area (Å²) < 4.78 is 9.48. The van der Waals surface area contributed by atoms with Gasteiger partial charge >= 0.3 is 5.97 Å². The van der Waals surface area contributed by atoms with Gasteiger partial charge in [-0.1, -0.05) is 19.8 Å². The Labute approximate surface area is 104 Å². The third-order valence-electron chi connectivity index (χ3n) is 1.85. The molecule has 0 aromatic heterocycles. The highest BCUT2D eigenvalue weighted by molar-refractivity contribution is 5.74. The van der Waals surface area contributed by atoms with Crippen LogP contribution in [0.15, 0.2) is 0 Å². The first-order valence-electron chi connectivity index (χ1n) is 6.17. The molecule has 0 aromatic rings. The second-order valence-electron chi connectivity index (χ2n) is 3.35. The van der Waals surface area contributed by atoms with Crippen LogP contribution < -0.4 is 0 Å². The summed E-state index contributed by atoms with van der Waals surface area (Å²) >= 11 is 0. The van der Waals surface area contributed by atoms with Gasteiger partial charge in [-0.2, -0.15) is 0 Å². The van der Waals surface area contributed by atoms with Crippen molar-refractivity contribution >= 4 is 5.97 Å². The van der Waals surface area contributed by atoms with E-state index in [-0.39, 0.29) is 0 Å². The fourth-order valence-corrected chi connectivity index (χ4v) is 0.900. The van der Waals surface area contributed by atoms with E-state index in [1.807, 2.05) is 20.8 Å². The van der Waals surface area contributed by atoms with Crippen LogP contribution in [0.1, 0.15) is 40.0 Å². The van der Waals surface area contributed by atoms with Crippen LogP contribution in [-0.4, -0.2) is 48.7 Å². The maximum atomic E-state index is 10.7. The number of aliphatic hydroxyl groups is 2. The van der Waals surface area contributed by atoms with Gasteiger partial charge in [-0.15, -0.1) is 0 Å². The fraction of sp³-hybridized carbons (Fsp3) is 0.917. The first kappa shape index (κ1) is 18.7. The van der Waals surface area contributed by atoms with Crippen molar-refractivity contribution < 1.29 is 24.5 Å². The van der Waals surface area contributed by atoms with Gasteiger partial charge in [0, 0.05) is 13.2 Å². The standard InChI is InChI=1S/C8H16O4.C4H10O/c1-2-3-4-5-12-8(11)7(10)6-9;1-3-5-4-2/h7,9-10H,2-6H2,1H3;3-4H2,1-2H3. The number of esters is 1. The topological polar surface area (TPSA) is 76.0 Å². The van der Waals surface area contributed by atoms with Crippen molar-refractivity contribution in [2.75, 3.05) is 26.4 Å². The lowest BCUT2D eigenvalue weighted by Crippen LogP contribution is -2.26. The summed E-state index contributed by atoms with van der Waals surface area (Å²) in [5.74, 6) is -0.742. The van der Waals surface area contributed by atoms with Gasteiger partial charge in [-0.05, 0) is 20.3 Å². The van der Waals surface area contributed by atoms with Gasteiger partial charge in [0.05, 0.1) is 13.2 Å². The molecule has 2 N–H and O–H groups in total. The van der Waals surface area contributed by atoms with Crippen LogP contribution in [-0.2, 0) is 14.3 Å². The van der Waals surface area contributed by atoms with Gasteiger partial charge in [0.1, 0.15) is 0 Å². The lowest BCUT2D eigenvalue weighted by Gasteiger charge is -2.07. The molecule has 0 saturated carbocycles. The van der Waals surface area contributed by atoms with E-state index in [4.69, 9.17) is 14.9 Å². The van der Waals surface area contributed by atoms with Crippen LogP contribution in [0.2, 0.25) is 0 Å². The Morgan fingerprint density at radius 1 is 1.18 bits per heavy atom. The molecular formula is C12H26O5. The normalized spacial score (nSPS) is 11.4. The molecule has 0 bridgehead atoms. The average molecular weight is 250 g/mol. The quantitative estimate of drug-likeness (QED) is 0.498. The van der Waals surface area contributed by atoms with E-state index in [1.165, 1.54) is 0 Å². The number of rotatable bonds is 8. The van der Waals surface area contributed by atoms with E-state index in [0.29, 0.717) is 6.61 Å². The Morgan fingerprint density at radius 3 is 2.12 bits per heavy atom. The third kappa shape index (κ3) is 15.4. The van der Waals surface area contributed by atoms with Crippen molar-refractivity contribution in [3.05, 3.63) is 0 Å². The third-order valence-corrected chi connectivity index (χ3v) is 1.85. The van der Waals surface area contributed by atoms with Gasteiger partial charge in [0.15, 0.2) is 6.10 Å². The van der Waals surface area contributed by atoms with Crippen molar-refractivity contribution in [2.45, 2.75) is 46.1 Å². The van der Waals surface area contributed by atoms with Crippen LogP contribution in [0.25, 0.3) is 0 Å². The van der Waals surface area contributed by atoms with Gasteiger partial charge < -0.3 is 19.7 Å². The molecule has 0 aliphatic rings. The number of ether oxygens (including phenoxy) is 2. The van der Waals surface area contributed by atoms with Crippen molar-refractivity contribution in [1.82, 2.24) is 0 Å². The molecule has 0 rings (SSSR count). The Morgan fingerprint density at radius 2 is 1.76 bits per heavy atom. The predicted octanol–water partition coefficient (Wildman–Crippen LogP) is 1.12. The zero-order valence-electron chi connectivity index (χ0n) is 11.1. The van der Waals surface area contributed by atoms with Crippen LogP contribution in [0.3, 0.4) is 0 Å². The second kappa shape index (κ2) is 15.4. The molecule has 1 atom stereocenters. The van der Waals surface area contributed by atoms with Gasteiger partial charge in [-0.25, -0.2) is 4.79 Å². The maximum absolute atomic E-state index is 10.7. The lowest BCUT2D eigenvalue weighted by atomic mass is 10.3. The number of hydrogen-bond acceptors (Lipinski definition) is 5. The van der Waals surface area contributed by atoms with E-state index in [0.717, 1.165) is 32.5 Å². The van der Waals surface area contributed by atoms with Crippen LogP contribution in [0, 0.1) is 0 Å². The fourth-order valence-electron chi connectivity index (χ4n) is 0.900. The number of carbonyl (C=O) groups is 1. The maximum Gasteiger partial charge on any atom is 0.337 e. The monoisotopic (exact) mass is 250 g/mol. The Hall–Kier alpha value is -0.650. The molecule has 1 unspecified atom stereocenters. The summed E-state index contributed by atoms with van der Waals surface area (Å²) in [6.07, 6.45) is 1.48. The van der Waals surface area contributed by atoms with Gasteiger partial charge in [0.25, 0.3) is 0 Å². The zero-order valence-corrected chi connectivity index (χ0v) is 11.1. The molecule has 0 aromatic carbocycles. The Bertz CT molecular complexity index is 159. The number of unbranched alkanes of at least 4 members (excludes halogenated alkanes) is 2. The van der Waals surface area contributed by atoms with E-state index < -0.39 is 18.7 Å². The van der Waals surface area contributed by atoms with Crippen LogP contribution in [0.5, 0.6) is 0 Å². The molecule has 5 heteroatoms. The van der Waals surface area contributed by atoms with Crippen LogP contribution in [0.4, 0.5) is 0 Å². The lowest BCUT2D eigenvalue weighted by molar-refractivity contribution is -0.155. The summed E-state index contributed by atoms with van der Waals surface area (Å²) in [5.41, 5.74) is 0. The molecule has 0 saturated heterocycles. The molecule has 0 spiro atoms. The highest BCUT2D eigenvalue weighted by Gasteiger charge is 2.14.